The molecule has 1 aliphatic heterocycles. The van der Waals surface area contributed by atoms with Gasteiger partial charge in [-0.2, -0.15) is 4.52 Å². The van der Waals surface area contributed by atoms with Crippen LogP contribution in [0.15, 0.2) is 29.1 Å². The molecule has 4 rings (SSSR count). The first kappa shape index (κ1) is 17.7. The van der Waals surface area contributed by atoms with Crippen molar-refractivity contribution >= 4 is 27.1 Å². The molecule has 2 aromatic heterocycles. The van der Waals surface area contributed by atoms with Crippen LogP contribution in [0.4, 0.5) is 15.2 Å². The molecule has 1 aromatic carbocycles. The second-order valence-electron chi connectivity index (χ2n) is 6.31. The maximum atomic E-state index is 14.0. The lowest BCUT2D eigenvalue weighted by atomic mass is 10.2. The van der Waals surface area contributed by atoms with Crippen LogP contribution in [0.2, 0.25) is 0 Å². The Hall–Kier alpha value is -2.68. The normalized spacial score (nSPS) is 14.8. The Morgan fingerprint density at radius 1 is 1.19 bits per heavy atom. The van der Waals surface area contributed by atoms with Crippen LogP contribution in [0, 0.1) is 5.82 Å². The van der Waals surface area contributed by atoms with Crippen molar-refractivity contribution in [3.63, 3.8) is 0 Å². The van der Waals surface area contributed by atoms with Gasteiger partial charge in [0.25, 0.3) is 5.56 Å². The summed E-state index contributed by atoms with van der Waals surface area (Å²) in [5, 5.41) is 5.22. The van der Waals surface area contributed by atoms with E-state index in [1.807, 2.05) is 13.0 Å². The van der Waals surface area contributed by atoms with E-state index in [9.17, 15) is 9.18 Å². The highest BCUT2D eigenvalue weighted by atomic mass is 32.1. The maximum Gasteiger partial charge on any atom is 0.275 e. The molecule has 0 radical (unpaired) electrons. The number of fused-ring (bicyclic) bond motifs is 1. The number of piperazine rings is 1. The lowest BCUT2D eigenvalue weighted by molar-refractivity contribution is 0.386. The SMILES string of the molecule is CCc1cc(=O)n2nc(N3CCN(c4ccc(OC)c(F)c4)CC3)sc2n1. The Morgan fingerprint density at radius 2 is 1.93 bits per heavy atom. The summed E-state index contributed by atoms with van der Waals surface area (Å²) in [7, 11) is 1.46. The predicted molar refractivity (Wildman–Crippen MR) is 104 cm³/mol. The number of rotatable bonds is 4. The fourth-order valence-electron chi connectivity index (χ4n) is 3.16. The maximum absolute atomic E-state index is 14.0. The molecular formula is C18H20FN5O2S. The van der Waals surface area contributed by atoms with E-state index in [1.54, 1.807) is 6.07 Å². The van der Waals surface area contributed by atoms with Gasteiger partial charge in [-0.3, -0.25) is 4.79 Å². The molecule has 1 saturated heterocycles. The molecule has 0 spiro atoms. The van der Waals surface area contributed by atoms with E-state index in [0.29, 0.717) is 4.96 Å². The Balaban J connectivity index is 1.51. The number of benzene rings is 1. The van der Waals surface area contributed by atoms with Crippen molar-refractivity contribution in [3.8, 4) is 5.75 Å². The molecule has 3 aromatic rings. The van der Waals surface area contributed by atoms with Crippen LogP contribution in [0.3, 0.4) is 0 Å². The third-order valence-electron chi connectivity index (χ3n) is 4.70. The van der Waals surface area contributed by atoms with Crippen LogP contribution in [-0.2, 0) is 6.42 Å². The molecule has 0 amide bonds. The van der Waals surface area contributed by atoms with Crippen molar-refractivity contribution in [2.24, 2.45) is 0 Å². The smallest absolute Gasteiger partial charge is 0.275 e. The molecule has 142 valence electrons. The van der Waals surface area contributed by atoms with E-state index in [1.165, 1.54) is 35.1 Å². The van der Waals surface area contributed by atoms with Crippen LogP contribution in [-0.4, -0.2) is 47.9 Å². The lowest BCUT2D eigenvalue weighted by Gasteiger charge is -2.35. The average molecular weight is 389 g/mol. The Kier molecular flexibility index (Phi) is 4.69. The minimum Gasteiger partial charge on any atom is -0.494 e. The fourth-order valence-corrected chi connectivity index (χ4v) is 4.14. The van der Waals surface area contributed by atoms with Crippen LogP contribution in [0.1, 0.15) is 12.6 Å². The summed E-state index contributed by atoms with van der Waals surface area (Å²) in [6.07, 6.45) is 0.718. The molecular weight excluding hydrogens is 369 g/mol. The second-order valence-corrected chi connectivity index (χ2v) is 7.25. The van der Waals surface area contributed by atoms with Gasteiger partial charge < -0.3 is 14.5 Å². The minimum atomic E-state index is -0.360. The zero-order valence-corrected chi connectivity index (χ0v) is 16.0. The van der Waals surface area contributed by atoms with E-state index in [2.05, 4.69) is 19.9 Å². The molecule has 9 heteroatoms. The molecule has 0 aliphatic carbocycles. The number of aryl methyl sites for hydroxylation is 1. The highest BCUT2D eigenvalue weighted by molar-refractivity contribution is 7.20. The number of methoxy groups -OCH3 is 1. The van der Waals surface area contributed by atoms with Gasteiger partial charge in [-0.1, -0.05) is 18.3 Å². The third-order valence-corrected chi connectivity index (χ3v) is 5.67. The highest BCUT2D eigenvalue weighted by Crippen LogP contribution is 2.27. The number of halogens is 1. The van der Waals surface area contributed by atoms with Crippen LogP contribution >= 0.6 is 11.3 Å². The number of anilines is 2. The molecule has 0 bridgehead atoms. The first-order valence-corrected chi connectivity index (χ1v) is 9.64. The quantitative estimate of drug-likeness (QED) is 0.682. The van der Waals surface area contributed by atoms with E-state index in [4.69, 9.17) is 4.74 Å². The molecule has 3 heterocycles. The number of aromatic nitrogens is 3. The second kappa shape index (κ2) is 7.15. The molecule has 1 aliphatic rings. The summed E-state index contributed by atoms with van der Waals surface area (Å²) in [6, 6.07) is 6.55. The lowest BCUT2D eigenvalue weighted by Crippen LogP contribution is -2.46. The monoisotopic (exact) mass is 389 g/mol. The largest absolute Gasteiger partial charge is 0.494 e. The van der Waals surface area contributed by atoms with Gasteiger partial charge in [0.05, 0.1) is 7.11 Å². The van der Waals surface area contributed by atoms with Crippen LogP contribution in [0.5, 0.6) is 5.75 Å². The van der Waals surface area contributed by atoms with Gasteiger partial charge in [0.2, 0.25) is 10.1 Å². The molecule has 0 N–H and O–H groups in total. The number of ether oxygens (including phenoxy) is 1. The van der Waals surface area contributed by atoms with E-state index in [0.717, 1.165) is 49.1 Å². The van der Waals surface area contributed by atoms with E-state index in [-0.39, 0.29) is 17.1 Å². The summed E-state index contributed by atoms with van der Waals surface area (Å²) in [4.78, 5) is 21.5. The summed E-state index contributed by atoms with van der Waals surface area (Å²) in [6.45, 7) is 4.93. The highest BCUT2D eigenvalue weighted by Gasteiger charge is 2.22. The molecule has 0 saturated carbocycles. The van der Waals surface area contributed by atoms with Gasteiger partial charge in [0.1, 0.15) is 0 Å². The van der Waals surface area contributed by atoms with E-state index >= 15 is 0 Å². The molecule has 27 heavy (non-hydrogen) atoms. The van der Waals surface area contributed by atoms with Crippen molar-refractivity contribution < 1.29 is 9.13 Å². The van der Waals surface area contributed by atoms with Crippen molar-refractivity contribution in [1.82, 2.24) is 14.6 Å². The zero-order valence-electron chi connectivity index (χ0n) is 15.2. The number of hydrogen-bond donors (Lipinski definition) is 0. The standard InChI is InChI=1S/C18H20FN5O2S/c1-3-12-10-16(25)24-17(20-12)27-18(21-24)23-8-6-22(7-9-23)13-4-5-15(26-2)14(19)11-13/h4-5,10-11H,3,6-9H2,1-2H3. The van der Waals surface area contributed by atoms with Crippen molar-refractivity contribution in [3.05, 3.63) is 46.1 Å². The van der Waals surface area contributed by atoms with Gasteiger partial charge in [-0.15, -0.1) is 5.10 Å². The molecule has 0 atom stereocenters. The number of nitrogens with zero attached hydrogens (tertiary/aromatic N) is 5. The van der Waals surface area contributed by atoms with Gasteiger partial charge >= 0.3 is 0 Å². The van der Waals surface area contributed by atoms with Crippen LogP contribution < -0.4 is 20.1 Å². The average Bonchev–Trinajstić information content (AvgIpc) is 3.13. The topological polar surface area (TPSA) is 63.0 Å². The Bertz CT molecular complexity index is 1030. The minimum absolute atomic E-state index is 0.147. The number of hydrogen-bond acceptors (Lipinski definition) is 7. The van der Waals surface area contributed by atoms with Gasteiger partial charge in [-0.05, 0) is 18.6 Å². The first-order chi connectivity index (χ1) is 13.1. The Labute approximate surface area is 159 Å². The predicted octanol–water partition coefficient (Wildman–Crippen LogP) is 2.19. The first-order valence-electron chi connectivity index (χ1n) is 8.82. The summed E-state index contributed by atoms with van der Waals surface area (Å²) in [5.74, 6) is -0.114. The summed E-state index contributed by atoms with van der Waals surface area (Å²) < 4.78 is 20.3. The summed E-state index contributed by atoms with van der Waals surface area (Å²) in [5.41, 5.74) is 1.47. The van der Waals surface area contributed by atoms with Gasteiger partial charge in [-0.25, -0.2) is 9.37 Å². The Morgan fingerprint density at radius 3 is 2.59 bits per heavy atom. The molecule has 7 nitrogen and oxygen atoms in total. The van der Waals surface area contributed by atoms with Gasteiger partial charge in [0, 0.05) is 49.7 Å². The van der Waals surface area contributed by atoms with Crippen molar-refractivity contribution in [1.29, 1.82) is 0 Å². The fraction of sp³-hybridized carbons (Fsp3) is 0.389. The van der Waals surface area contributed by atoms with Crippen LogP contribution in [0.25, 0.3) is 4.96 Å². The van der Waals surface area contributed by atoms with Crippen molar-refractivity contribution in [2.75, 3.05) is 43.1 Å². The zero-order chi connectivity index (χ0) is 19.0. The summed E-state index contributed by atoms with van der Waals surface area (Å²) >= 11 is 1.42. The van der Waals surface area contributed by atoms with E-state index < -0.39 is 0 Å². The molecule has 0 unspecified atom stereocenters. The van der Waals surface area contributed by atoms with Crippen molar-refractivity contribution in [2.45, 2.75) is 13.3 Å². The third kappa shape index (κ3) is 3.34. The van der Waals surface area contributed by atoms with Gasteiger partial charge in [0.15, 0.2) is 11.6 Å². The molecule has 1 fully saturated rings.